The third-order valence-corrected chi connectivity index (χ3v) is 6.71. The predicted octanol–water partition coefficient (Wildman–Crippen LogP) is 5.80. The monoisotopic (exact) mass is 484 g/mol. The summed E-state index contributed by atoms with van der Waals surface area (Å²) in [6.07, 6.45) is 3.71. The molecule has 166 valence electrons. The minimum absolute atomic E-state index is 0.0165. The molecule has 1 fully saturated rings. The smallest absolute Gasteiger partial charge is 0.242 e. The van der Waals surface area contributed by atoms with Crippen molar-refractivity contribution in [2.24, 2.45) is 0 Å². The van der Waals surface area contributed by atoms with Crippen LogP contribution in [0.25, 0.3) is 0 Å². The molecule has 1 aliphatic carbocycles. The van der Waals surface area contributed by atoms with Gasteiger partial charge in [0.1, 0.15) is 11.9 Å². The predicted molar refractivity (Wildman–Crippen MR) is 122 cm³/mol. The molecule has 0 unspecified atom stereocenters. The number of benzene rings is 2. The van der Waals surface area contributed by atoms with Crippen LogP contribution < -0.4 is 5.32 Å². The van der Waals surface area contributed by atoms with Gasteiger partial charge in [-0.3, -0.25) is 9.59 Å². The summed E-state index contributed by atoms with van der Waals surface area (Å²) in [6.45, 7) is 1.67. The molecule has 2 aromatic rings. The fraction of sp³-hybridized carbons (Fsp3) is 0.391. The highest BCUT2D eigenvalue weighted by molar-refractivity contribution is 6.36. The Bertz CT molecular complexity index is 923. The zero-order valence-electron chi connectivity index (χ0n) is 17.1. The second-order valence-electron chi connectivity index (χ2n) is 7.76. The van der Waals surface area contributed by atoms with Gasteiger partial charge in [-0.2, -0.15) is 0 Å². The molecule has 31 heavy (non-hydrogen) atoms. The van der Waals surface area contributed by atoms with Crippen molar-refractivity contribution in [3.63, 3.8) is 0 Å². The third kappa shape index (κ3) is 5.91. The van der Waals surface area contributed by atoms with Gasteiger partial charge in [-0.25, -0.2) is 4.39 Å². The number of rotatable bonds is 7. The number of hydrogen-bond donors (Lipinski definition) is 1. The number of carbonyl (C=O) groups excluding carboxylic acids is 2. The Morgan fingerprint density at radius 1 is 1.03 bits per heavy atom. The normalized spacial score (nSPS) is 15.0. The maximum absolute atomic E-state index is 14.3. The summed E-state index contributed by atoms with van der Waals surface area (Å²) >= 11 is 18.7. The molecule has 2 amide bonds. The van der Waals surface area contributed by atoms with Gasteiger partial charge in [0.05, 0.1) is 6.42 Å². The number of amides is 2. The van der Waals surface area contributed by atoms with Crippen LogP contribution in [0.3, 0.4) is 0 Å². The van der Waals surface area contributed by atoms with Crippen molar-refractivity contribution in [1.29, 1.82) is 0 Å². The molecule has 0 aromatic heterocycles. The quantitative estimate of drug-likeness (QED) is 0.538. The highest BCUT2D eigenvalue weighted by Crippen LogP contribution is 2.28. The lowest BCUT2D eigenvalue weighted by molar-refractivity contribution is -0.140. The Kier molecular flexibility index (Phi) is 8.20. The van der Waals surface area contributed by atoms with Crippen LogP contribution in [0.5, 0.6) is 0 Å². The molecule has 1 atom stereocenters. The van der Waals surface area contributed by atoms with Gasteiger partial charge < -0.3 is 10.2 Å². The van der Waals surface area contributed by atoms with Gasteiger partial charge in [0.25, 0.3) is 0 Å². The van der Waals surface area contributed by atoms with Gasteiger partial charge in [0, 0.05) is 38.8 Å². The lowest BCUT2D eigenvalue weighted by Gasteiger charge is -2.30. The average molecular weight is 486 g/mol. The minimum atomic E-state index is -0.800. The molecule has 0 heterocycles. The number of halogens is 4. The third-order valence-electron chi connectivity index (χ3n) is 5.65. The van der Waals surface area contributed by atoms with Crippen LogP contribution in [-0.4, -0.2) is 28.8 Å². The largest absolute Gasteiger partial charge is 0.352 e. The van der Waals surface area contributed by atoms with E-state index in [1.54, 1.807) is 25.1 Å². The topological polar surface area (TPSA) is 49.4 Å². The van der Waals surface area contributed by atoms with Crippen molar-refractivity contribution in [3.05, 3.63) is 68.4 Å². The molecule has 3 rings (SSSR count). The van der Waals surface area contributed by atoms with Gasteiger partial charge in [0.15, 0.2) is 0 Å². The van der Waals surface area contributed by atoms with Crippen molar-refractivity contribution < 1.29 is 14.0 Å². The van der Waals surface area contributed by atoms with Crippen LogP contribution in [0.2, 0.25) is 15.1 Å². The van der Waals surface area contributed by atoms with E-state index in [-0.39, 0.29) is 35.5 Å². The van der Waals surface area contributed by atoms with Gasteiger partial charge in [-0.05, 0) is 44.0 Å². The Labute approximate surface area is 196 Å². The van der Waals surface area contributed by atoms with E-state index < -0.39 is 17.8 Å². The highest BCUT2D eigenvalue weighted by atomic mass is 35.5. The Hall–Kier alpha value is -1.82. The second-order valence-corrected chi connectivity index (χ2v) is 8.99. The maximum Gasteiger partial charge on any atom is 0.242 e. The number of hydrogen-bond acceptors (Lipinski definition) is 2. The van der Waals surface area contributed by atoms with Crippen LogP contribution in [0.4, 0.5) is 4.39 Å². The first-order valence-corrected chi connectivity index (χ1v) is 11.4. The molecule has 4 nitrogen and oxygen atoms in total. The van der Waals surface area contributed by atoms with E-state index in [2.05, 4.69) is 5.32 Å². The van der Waals surface area contributed by atoms with Crippen LogP contribution >= 0.6 is 34.8 Å². The van der Waals surface area contributed by atoms with Crippen molar-refractivity contribution in [1.82, 2.24) is 10.2 Å². The molecule has 0 aliphatic heterocycles. The van der Waals surface area contributed by atoms with Crippen molar-refractivity contribution in [3.8, 4) is 0 Å². The summed E-state index contributed by atoms with van der Waals surface area (Å²) in [6, 6.07) is 8.60. The lowest BCUT2D eigenvalue weighted by Crippen LogP contribution is -2.50. The summed E-state index contributed by atoms with van der Waals surface area (Å²) in [7, 11) is 0. The molecule has 1 saturated carbocycles. The molecular formula is C23H24Cl3FN2O2. The van der Waals surface area contributed by atoms with E-state index in [4.69, 9.17) is 34.8 Å². The van der Waals surface area contributed by atoms with Gasteiger partial charge in [0.2, 0.25) is 11.8 Å². The standard InChI is InChI=1S/C23H24Cl3FN2O2/c1-14(23(31)28-15-6-2-3-7-15)29(13-17-19(25)8-4-9-20(17)26)22(30)12-16-18(24)10-5-11-21(16)27/h4-5,8-11,14-15H,2-3,6-7,12-13H2,1H3,(H,28,31)/t14-/m0/s1. The van der Waals surface area contributed by atoms with Crippen molar-refractivity contribution in [2.75, 3.05) is 0 Å². The van der Waals surface area contributed by atoms with E-state index in [0.717, 1.165) is 25.7 Å². The minimum Gasteiger partial charge on any atom is -0.352 e. The summed E-state index contributed by atoms with van der Waals surface area (Å²) in [5.74, 6) is -1.28. The van der Waals surface area contributed by atoms with Gasteiger partial charge >= 0.3 is 0 Å². The van der Waals surface area contributed by atoms with E-state index >= 15 is 0 Å². The Morgan fingerprint density at radius 2 is 1.58 bits per heavy atom. The lowest BCUT2D eigenvalue weighted by atomic mass is 10.1. The first-order valence-electron chi connectivity index (χ1n) is 10.2. The number of nitrogens with one attached hydrogen (secondary N) is 1. The molecular weight excluding hydrogens is 462 g/mol. The van der Waals surface area contributed by atoms with Gasteiger partial charge in [-0.1, -0.05) is 59.8 Å². The van der Waals surface area contributed by atoms with E-state index in [9.17, 15) is 14.0 Å². The zero-order valence-corrected chi connectivity index (χ0v) is 19.4. The van der Waals surface area contributed by atoms with Crippen LogP contribution in [-0.2, 0) is 22.6 Å². The maximum atomic E-state index is 14.3. The summed E-state index contributed by atoms with van der Waals surface area (Å²) in [5, 5.41) is 3.95. The van der Waals surface area contributed by atoms with E-state index in [0.29, 0.717) is 15.6 Å². The fourth-order valence-electron chi connectivity index (χ4n) is 3.78. The Morgan fingerprint density at radius 3 is 2.16 bits per heavy atom. The number of carbonyl (C=O) groups is 2. The molecule has 8 heteroatoms. The SMILES string of the molecule is C[C@@H](C(=O)NC1CCCC1)N(Cc1c(Cl)cccc1Cl)C(=O)Cc1c(F)cccc1Cl. The molecule has 1 N–H and O–H groups in total. The first-order chi connectivity index (χ1) is 14.8. The summed E-state index contributed by atoms with van der Waals surface area (Å²) < 4.78 is 14.3. The molecule has 2 aromatic carbocycles. The Balaban J connectivity index is 1.87. The van der Waals surface area contributed by atoms with Crippen LogP contribution in [0, 0.1) is 5.82 Å². The summed E-state index contributed by atoms with van der Waals surface area (Å²) in [5.41, 5.74) is 0.618. The molecule has 0 saturated heterocycles. The number of nitrogens with zero attached hydrogens (tertiary/aromatic N) is 1. The molecule has 0 bridgehead atoms. The average Bonchev–Trinajstić information content (AvgIpc) is 3.23. The van der Waals surface area contributed by atoms with E-state index in [1.807, 2.05) is 0 Å². The van der Waals surface area contributed by atoms with Crippen molar-refractivity contribution in [2.45, 2.75) is 57.7 Å². The highest BCUT2D eigenvalue weighted by Gasteiger charge is 2.30. The van der Waals surface area contributed by atoms with Crippen LogP contribution in [0.1, 0.15) is 43.7 Å². The first kappa shape index (κ1) is 23.8. The summed E-state index contributed by atoms with van der Waals surface area (Å²) in [4.78, 5) is 27.6. The van der Waals surface area contributed by atoms with E-state index in [1.165, 1.54) is 23.1 Å². The molecule has 0 radical (unpaired) electrons. The second kappa shape index (κ2) is 10.7. The van der Waals surface area contributed by atoms with Gasteiger partial charge in [-0.15, -0.1) is 0 Å². The molecule has 0 spiro atoms. The van der Waals surface area contributed by atoms with Crippen molar-refractivity contribution >= 4 is 46.6 Å². The zero-order chi connectivity index (χ0) is 22.5. The van der Waals surface area contributed by atoms with Crippen LogP contribution in [0.15, 0.2) is 36.4 Å². The molecule has 1 aliphatic rings. The fourth-order valence-corrected chi connectivity index (χ4v) is 4.53.